The summed E-state index contributed by atoms with van der Waals surface area (Å²) in [6, 6.07) is 5.78. The Morgan fingerprint density at radius 1 is 1.19 bits per heavy atom. The number of nitrogens with zero attached hydrogens (tertiary/aromatic N) is 1. The number of sulfone groups is 1. The Balaban J connectivity index is 1.48. The number of rotatable bonds is 5. The first kappa shape index (κ1) is 17.6. The SMILES string of the molecule is CN(C(=O)CC(c1ccc2c(c1)OCCO2)C1CC1)C1CCS(=O)(=O)C1. The van der Waals surface area contributed by atoms with Crippen molar-refractivity contribution < 1.29 is 22.7 Å². The third kappa shape index (κ3) is 3.68. The van der Waals surface area contributed by atoms with Crippen LogP contribution in [0.1, 0.15) is 37.2 Å². The van der Waals surface area contributed by atoms with Crippen LogP contribution < -0.4 is 9.47 Å². The summed E-state index contributed by atoms with van der Waals surface area (Å²) in [6.07, 6.45) is 3.22. The van der Waals surface area contributed by atoms with Gasteiger partial charge < -0.3 is 14.4 Å². The molecule has 0 radical (unpaired) electrons. The Bertz CT molecular complexity index is 802. The Hall–Kier alpha value is -1.76. The van der Waals surface area contributed by atoms with Gasteiger partial charge in [-0.15, -0.1) is 0 Å². The third-order valence-electron chi connectivity index (χ3n) is 5.73. The minimum Gasteiger partial charge on any atom is -0.486 e. The van der Waals surface area contributed by atoms with Crippen molar-refractivity contribution >= 4 is 15.7 Å². The fraction of sp³-hybridized carbons (Fsp3) is 0.632. The van der Waals surface area contributed by atoms with Gasteiger partial charge in [-0.1, -0.05) is 6.07 Å². The summed E-state index contributed by atoms with van der Waals surface area (Å²) in [5.41, 5.74) is 1.11. The van der Waals surface area contributed by atoms with Gasteiger partial charge in [-0.05, 0) is 48.8 Å². The van der Waals surface area contributed by atoms with E-state index in [1.165, 1.54) is 0 Å². The lowest BCUT2D eigenvalue weighted by Gasteiger charge is -2.27. The number of amides is 1. The van der Waals surface area contributed by atoms with Crippen molar-refractivity contribution in [3.8, 4) is 11.5 Å². The highest BCUT2D eigenvalue weighted by Gasteiger charge is 2.37. The molecule has 3 aliphatic rings. The minimum atomic E-state index is -2.99. The third-order valence-corrected chi connectivity index (χ3v) is 7.48. The first-order valence-corrected chi connectivity index (χ1v) is 11.1. The number of hydrogen-bond acceptors (Lipinski definition) is 5. The molecule has 0 bridgehead atoms. The molecule has 142 valence electrons. The van der Waals surface area contributed by atoms with Crippen LogP contribution in [0.25, 0.3) is 0 Å². The van der Waals surface area contributed by atoms with Gasteiger partial charge in [-0.2, -0.15) is 0 Å². The van der Waals surface area contributed by atoms with Crippen molar-refractivity contribution in [2.45, 2.75) is 37.6 Å². The van der Waals surface area contributed by atoms with Crippen LogP contribution in [0.3, 0.4) is 0 Å². The van der Waals surface area contributed by atoms with Gasteiger partial charge in [-0.3, -0.25) is 4.79 Å². The second kappa shape index (κ2) is 6.76. The molecule has 1 aromatic carbocycles. The Morgan fingerprint density at radius 2 is 1.92 bits per heavy atom. The topological polar surface area (TPSA) is 72.9 Å². The molecule has 2 atom stereocenters. The second-order valence-electron chi connectivity index (χ2n) is 7.61. The van der Waals surface area contributed by atoms with Crippen molar-refractivity contribution in [2.24, 2.45) is 5.92 Å². The number of benzene rings is 1. The maximum absolute atomic E-state index is 12.8. The number of fused-ring (bicyclic) bond motifs is 1. The summed E-state index contributed by atoms with van der Waals surface area (Å²) in [5.74, 6) is 2.48. The zero-order valence-corrected chi connectivity index (χ0v) is 15.8. The molecule has 2 aliphatic heterocycles. The number of hydrogen-bond donors (Lipinski definition) is 0. The fourth-order valence-corrected chi connectivity index (χ4v) is 5.74. The molecule has 0 N–H and O–H groups in total. The lowest BCUT2D eigenvalue weighted by atomic mass is 9.90. The molecule has 1 aliphatic carbocycles. The summed E-state index contributed by atoms with van der Waals surface area (Å²) in [7, 11) is -1.26. The average Bonchev–Trinajstić information content (AvgIpc) is 3.41. The molecule has 1 aromatic rings. The molecule has 1 amide bonds. The summed E-state index contributed by atoms with van der Waals surface area (Å²) >= 11 is 0. The molecule has 1 saturated carbocycles. The molecule has 6 nitrogen and oxygen atoms in total. The van der Waals surface area contributed by atoms with Gasteiger partial charge in [-0.25, -0.2) is 8.42 Å². The van der Waals surface area contributed by atoms with E-state index < -0.39 is 9.84 Å². The lowest BCUT2D eigenvalue weighted by molar-refractivity contribution is -0.132. The fourth-order valence-electron chi connectivity index (χ4n) is 3.96. The van der Waals surface area contributed by atoms with Crippen LogP contribution in [0.15, 0.2) is 18.2 Å². The number of carbonyl (C=O) groups is 1. The van der Waals surface area contributed by atoms with Crippen molar-refractivity contribution in [2.75, 3.05) is 31.8 Å². The zero-order chi connectivity index (χ0) is 18.3. The summed E-state index contributed by atoms with van der Waals surface area (Å²) in [6.45, 7) is 1.11. The van der Waals surface area contributed by atoms with E-state index in [1.54, 1.807) is 11.9 Å². The van der Waals surface area contributed by atoms with Crippen molar-refractivity contribution in [1.82, 2.24) is 4.90 Å². The van der Waals surface area contributed by atoms with Gasteiger partial charge in [0.05, 0.1) is 11.5 Å². The zero-order valence-electron chi connectivity index (χ0n) is 15.0. The van der Waals surface area contributed by atoms with Crippen molar-refractivity contribution in [3.63, 3.8) is 0 Å². The number of ether oxygens (including phenoxy) is 2. The quantitative estimate of drug-likeness (QED) is 0.782. The van der Waals surface area contributed by atoms with Gasteiger partial charge in [0, 0.05) is 19.5 Å². The second-order valence-corrected chi connectivity index (χ2v) is 9.84. The first-order valence-electron chi connectivity index (χ1n) is 9.28. The summed E-state index contributed by atoms with van der Waals surface area (Å²) < 4.78 is 34.7. The maximum atomic E-state index is 12.8. The van der Waals surface area contributed by atoms with E-state index in [9.17, 15) is 13.2 Å². The van der Waals surface area contributed by atoms with Crippen molar-refractivity contribution in [3.05, 3.63) is 23.8 Å². The Labute approximate surface area is 154 Å². The predicted octanol–water partition coefficient (Wildman–Crippen LogP) is 1.99. The Kier molecular flexibility index (Phi) is 4.59. The molecule has 2 heterocycles. The molecule has 7 heteroatoms. The smallest absolute Gasteiger partial charge is 0.223 e. The normalized spacial score (nSPS) is 24.9. The average molecular weight is 379 g/mol. The Morgan fingerprint density at radius 3 is 2.58 bits per heavy atom. The molecule has 0 spiro atoms. The molecule has 2 fully saturated rings. The van der Waals surface area contributed by atoms with Gasteiger partial charge >= 0.3 is 0 Å². The van der Waals surface area contributed by atoms with E-state index in [1.807, 2.05) is 18.2 Å². The van der Waals surface area contributed by atoms with E-state index in [0.29, 0.717) is 32.0 Å². The lowest BCUT2D eigenvalue weighted by Crippen LogP contribution is -2.38. The minimum absolute atomic E-state index is 0.0267. The van der Waals surface area contributed by atoms with E-state index >= 15 is 0 Å². The van der Waals surface area contributed by atoms with Crippen LogP contribution in [0.5, 0.6) is 11.5 Å². The van der Waals surface area contributed by atoms with Gasteiger partial charge in [0.25, 0.3) is 0 Å². The van der Waals surface area contributed by atoms with E-state index in [-0.39, 0.29) is 29.4 Å². The summed E-state index contributed by atoms with van der Waals surface area (Å²) in [5, 5.41) is 0. The van der Waals surface area contributed by atoms with E-state index in [0.717, 1.165) is 29.9 Å². The number of carbonyl (C=O) groups excluding carboxylic acids is 1. The van der Waals surface area contributed by atoms with Crippen LogP contribution in [-0.4, -0.2) is 57.0 Å². The molecule has 0 aromatic heterocycles. The van der Waals surface area contributed by atoms with Crippen LogP contribution in [0, 0.1) is 5.92 Å². The first-order chi connectivity index (χ1) is 12.4. The molecular formula is C19H25NO5S. The molecule has 1 saturated heterocycles. The largest absolute Gasteiger partial charge is 0.486 e. The highest BCUT2D eigenvalue weighted by atomic mass is 32.2. The molecule has 26 heavy (non-hydrogen) atoms. The van der Waals surface area contributed by atoms with Gasteiger partial charge in [0.2, 0.25) is 5.91 Å². The van der Waals surface area contributed by atoms with Crippen LogP contribution in [0.2, 0.25) is 0 Å². The van der Waals surface area contributed by atoms with E-state index in [2.05, 4.69) is 0 Å². The molecule has 2 unspecified atom stereocenters. The van der Waals surface area contributed by atoms with Crippen molar-refractivity contribution in [1.29, 1.82) is 0 Å². The van der Waals surface area contributed by atoms with Gasteiger partial charge in [0.1, 0.15) is 13.2 Å². The standard InChI is InChI=1S/C19H25NO5S/c1-20(15-6-9-26(22,23)12-15)19(21)11-16(13-2-3-13)14-4-5-17-18(10-14)25-8-7-24-17/h4-5,10,13,15-16H,2-3,6-9,11-12H2,1H3. The molecule has 4 rings (SSSR count). The predicted molar refractivity (Wildman–Crippen MR) is 97.3 cm³/mol. The van der Waals surface area contributed by atoms with Crippen LogP contribution in [0.4, 0.5) is 0 Å². The highest BCUT2D eigenvalue weighted by Crippen LogP contribution is 2.46. The van der Waals surface area contributed by atoms with Crippen LogP contribution in [-0.2, 0) is 14.6 Å². The van der Waals surface area contributed by atoms with Crippen LogP contribution >= 0.6 is 0 Å². The summed E-state index contributed by atoms with van der Waals surface area (Å²) in [4.78, 5) is 14.5. The molecular weight excluding hydrogens is 354 g/mol. The van der Waals surface area contributed by atoms with E-state index in [4.69, 9.17) is 9.47 Å². The maximum Gasteiger partial charge on any atom is 0.223 e. The van der Waals surface area contributed by atoms with Gasteiger partial charge in [0.15, 0.2) is 21.3 Å². The monoisotopic (exact) mass is 379 g/mol. The highest BCUT2D eigenvalue weighted by molar-refractivity contribution is 7.91.